The van der Waals surface area contributed by atoms with Crippen LogP contribution < -0.4 is 5.32 Å². The Hall–Kier alpha value is -1.46. The number of anilines is 1. The molecule has 5 heteroatoms. The predicted molar refractivity (Wildman–Crippen MR) is 92.8 cm³/mol. The van der Waals surface area contributed by atoms with Crippen LogP contribution in [0.1, 0.15) is 25.5 Å². The molecule has 2 heterocycles. The fraction of sp³-hybridized carbons (Fsp3) is 0.250. The molecule has 3 aromatic rings. The second-order valence-corrected chi connectivity index (χ2v) is 7.68. The Balaban J connectivity index is 1.99. The van der Waals surface area contributed by atoms with Crippen LogP contribution in [-0.4, -0.2) is 9.97 Å². The van der Waals surface area contributed by atoms with Gasteiger partial charge in [-0.3, -0.25) is 0 Å². The Morgan fingerprint density at radius 3 is 2.62 bits per heavy atom. The average Bonchev–Trinajstić information content (AvgIpc) is 2.86. The summed E-state index contributed by atoms with van der Waals surface area (Å²) in [7, 11) is 0. The Bertz CT molecular complexity index is 740. The highest BCUT2D eigenvalue weighted by Gasteiger charge is 2.18. The van der Waals surface area contributed by atoms with Crippen LogP contribution in [0.4, 0.5) is 5.82 Å². The van der Waals surface area contributed by atoms with Crippen molar-refractivity contribution in [2.45, 2.75) is 19.9 Å². The molecule has 1 N–H and O–H groups in total. The summed E-state index contributed by atoms with van der Waals surface area (Å²) in [5.74, 6) is 1.35. The number of nitrogens with one attached hydrogen (secondary N) is 1. The maximum Gasteiger partial charge on any atom is 0.138 e. The minimum atomic E-state index is 0.225. The number of benzene rings is 1. The molecule has 2 aromatic heterocycles. The standard InChI is InChI=1S/C16H16BrN3S/c1-10(2)14(11-6-4-3-5-7-11)20-15-12-8-13(17)21-16(12)19-9-18-15/h3-10,14H,1-2H3,(H,18,19,20). The Morgan fingerprint density at radius 2 is 1.90 bits per heavy atom. The van der Waals surface area contributed by atoms with Crippen LogP contribution in [0.3, 0.4) is 0 Å². The van der Waals surface area contributed by atoms with Crippen LogP contribution in [0.25, 0.3) is 10.2 Å². The van der Waals surface area contributed by atoms with Gasteiger partial charge in [-0.15, -0.1) is 11.3 Å². The van der Waals surface area contributed by atoms with Gasteiger partial charge in [0.05, 0.1) is 15.2 Å². The van der Waals surface area contributed by atoms with Crippen LogP contribution in [0.2, 0.25) is 0 Å². The van der Waals surface area contributed by atoms with Crippen LogP contribution in [0, 0.1) is 5.92 Å². The molecule has 108 valence electrons. The first-order valence-corrected chi connectivity index (χ1v) is 8.47. The average molecular weight is 362 g/mol. The highest BCUT2D eigenvalue weighted by molar-refractivity contribution is 9.11. The summed E-state index contributed by atoms with van der Waals surface area (Å²) < 4.78 is 1.07. The largest absolute Gasteiger partial charge is 0.362 e. The number of rotatable bonds is 4. The van der Waals surface area contributed by atoms with Gasteiger partial charge >= 0.3 is 0 Å². The molecule has 3 nitrogen and oxygen atoms in total. The minimum Gasteiger partial charge on any atom is -0.362 e. The highest BCUT2D eigenvalue weighted by Crippen LogP contribution is 2.34. The van der Waals surface area contributed by atoms with Gasteiger partial charge in [-0.25, -0.2) is 9.97 Å². The van der Waals surface area contributed by atoms with Gasteiger partial charge in [0.1, 0.15) is 17.0 Å². The number of fused-ring (bicyclic) bond motifs is 1. The van der Waals surface area contributed by atoms with Gasteiger partial charge in [0.2, 0.25) is 0 Å². The van der Waals surface area contributed by atoms with Gasteiger partial charge in [-0.05, 0) is 33.5 Å². The molecular weight excluding hydrogens is 346 g/mol. The summed E-state index contributed by atoms with van der Waals surface area (Å²) in [6.45, 7) is 4.43. The van der Waals surface area contributed by atoms with Gasteiger partial charge in [0, 0.05) is 0 Å². The SMILES string of the molecule is CC(C)C(Nc1ncnc2sc(Br)cc12)c1ccccc1. The van der Waals surface area contributed by atoms with E-state index in [0.717, 1.165) is 19.8 Å². The molecule has 21 heavy (non-hydrogen) atoms. The molecule has 0 radical (unpaired) electrons. The maximum absolute atomic E-state index is 4.43. The summed E-state index contributed by atoms with van der Waals surface area (Å²) in [6, 6.07) is 12.8. The lowest BCUT2D eigenvalue weighted by Crippen LogP contribution is -2.17. The highest BCUT2D eigenvalue weighted by atomic mass is 79.9. The van der Waals surface area contributed by atoms with E-state index in [2.05, 4.69) is 75.4 Å². The van der Waals surface area contributed by atoms with E-state index in [1.54, 1.807) is 17.7 Å². The third kappa shape index (κ3) is 3.09. The number of hydrogen-bond donors (Lipinski definition) is 1. The molecule has 0 aliphatic carbocycles. The molecule has 1 unspecified atom stereocenters. The fourth-order valence-electron chi connectivity index (χ4n) is 2.38. The topological polar surface area (TPSA) is 37.8 Å². The van der Waals surface area contributed by atoms with Crippen LogP contribution in [0.5, 0.6) is 0 Å². The molecule has 0 fully saturated rings. The van der Waals surface area contributed by atoms with Gasteiger partial charge in [-0.2, -0.15) is 0 Å². The summed E-state index contributed by atoms with van der Waals surface area (Å²) in [6.07, 6.45) is 1.62. The lowest BCUT2D eigenvalue weighted by atomic mass is 9.96. The Morgan fingerprint density at radius 1 is 1.14 bits per heavy atom. The molecule has 0 saturated heterocycles. The third-order valence-corrected chi connectivity index (χ3v) is 4.96. The van der Waals surface area contributed by atoms with E-state index in [9.17, 15) is 0 Å². The summed E-state index contributed by atoms with van der Waals surface area (Å²) in [4.78, 5) is 9.75. The van der Waals surface area contributed by atoms with Crippen molar-refractivity contribution < 1.29 is 0 Å². The zero-order valence-electron chi connectivity index (χ0n) is 11.9. The number of thiophene rings is 1. The zero-order chi connectivity index (χ0) is 14.8. The zero-order valence-corrected chi connectivity index (χ0v) is 14.3. The first-order chi connectivity index (χ1) is 10.1. The van der Waals surface area contributed by atoms with E-state index in [4.69, 9.17) is 0 Å². The van der Waals surface area contributed by atoms with Crippen molar-refractivity contribution in [2.24, 2.45) is 5.92 Å². The van der Waals surface area contributed by atoms with E-state index >= 15 is 0 Å². The van der Waals surface area contributed by atoms with Crippen molar-refractivity contribution in [1.29, 1.82) is 0 Å². The molecule has 0 spiro atoms. The maximum atomic E-state index is 4.43. The van der Waals surface area contributed by atoms with Crippen LogP contribution in [-0.2, 0) is 0 Å². The van der Waals surface area contributed by atoms with Crippen molar-refractivity contribution in [3.63, 3.8) is 0 Å². The van der Waals surface area contributed by atoms with Crippen molar-refractivity contribution in [3.05, 3.63) is 52.1 Å². The minimum absolute atomic E-state index is 0.225. The lowest BCUT2D eigenvalue weighted by molar-refractivity contribution is 0.545. The number of hydrogen-bond acceptors (Lipinski definition) is 4. The second kappa shape index (κ2) is 6.12. The van der Waals surface area contributed by atoms with Crippen molar-refractivity contribution in [2.75, 3.05) is 5.32 Å². The first kappa shape index (κ1) is 14.5. The lowest BCUT2D eigenvalue weighted by Gasteiger charge is -2.23. The molecule has 1 aromatic carbocycles. The molecule has 0 saturated carbocycles. The van der Waals surface area contributed by atoms with Gasteiger partial charge < -0.3 is 5.32 Å². The number of halogens is 1. The van der Waals surface area contributed by atoms with Crippen LogP contribution in [0.15, 0.2) is 46.5 Å². The Kier molecular flexibility index (Phi) is 4.22. The molecule has 0 bridgehead atoms. The number of nitrogens with zero attached hydrogens (tertiary/aromatic N) is 2. The van der Waals surface area contributed by atoms with Gasteiger partial charge in [0.25, 0.3) is 0 Å². The predicted octanol–water partition coefficient (Wildman–Crippen LogP) is 5.26. The second-order valence-electron chi connectivity index (χ2n) is 5.27. The number of aromatic nitrogens is 2. The summed E-state index contributed by atoms with van der Waals surface area (Å²) in [5, 5.41) is 4.65. The van der Waals surface area contributed by atoms with Crippen LogP contribution >= 0.6 is 27.3 Å². The van der Waals surface area contributed by atoms with E-state index in [1.165, 1.54) is 5.56 Å². The first-order valence-electron chi connectivity index (χ1n) is 6.86. The molecule has 0 aliphatic rings. The van der Waals surface area contributed by atoms with E-state index < -0.39 is 0 Å². The van der Waals surface area contributed by atoms with E-state index in [-0.39, 0.29) is 6.04 Å². The summed E-state index contributed by atoms with van der Waals surface area (Å²) >= 11 is 5.14. The summed E-state index contributed by atoms with van der Waals surface area (Å²) in [5.41, 5.74) is 1.27. The molecule has 3 rings (SSSR count). The smallest absolute Gasteiger partial charge is 0.138 e. The van der Waals surface area contributed by atoms with E-state index in [0.29, 0.717) is 5.92 Å². The monoisotopic (exact) mass is 361 g/mol. The van der Waals surface area contributed by atoms with Crippen molar-refractivity contribution in [1.82, 2.24) is 9.97 Å². The third-order valence-electron chi connectivity index (χ3n) is 3.42. The van der Waals surface area contributed by atoms with Gasteiger partial charge in [-0.1, -0.05) is 44.2 Å². The molecule has 0 aliphatic heterocycles. The van der Waals surface area contributed by atoms with E-state index in [1.807, 2.05) is 6.07 Å². The van der Waals surface area contributed by atoms with Gasteiger partial charge in [0.15, 0.2) is 0 Å². The van der Waals surface area contributed by atoms with Crippen molar-refractivity contribution >= 4 is 43.3 Å². The molecule has 0 amide bonds. The fourth-order valence-corrected chi connectivity index (χ4v) is 3.80. The quantitative estimate of drug-likeness (QED) is 0.688. The normalized spacial score (nSPS) is 12.8. The molecular formula is C16H16BrN3S. The Labute approximate surface area is 136 Å². The van der Waals surface area contributed by atoms with Crippen molar-refractivity contribution in [3.8, 4) is 0 Å². The molecule has 1 atom stereocenters.